The summed E-state index contributed by atoms with van der Waals surface area (Å²) in [6.45, 7) is 7.76. The molecule has 1 N–H and O–H groups in total. The SMILES string of the molecule is CCN(CC)c1cccc(C2CCCCN2)c1.Cl. The van der Waals surface area contributed by atoms with Gasteiger partial charge < -0.3 is 10.2 Å². The largest absolute Gasteiger partial charge is 0.372 e. The van der Waals surface area contributed by atoms with Gasteiger partial charge in [-0.1, -0.05) is 18.6 Å². The average Bonchev–Trinajstić information content (AvgIpc) is 2.42. The molecular formula is C15H25ClN2. The van der Waals surface area contributed by atoms with Crippen molar-refractivity contribution < 1.29 is 0 Å². The molecule has 1 aromatic rings. The van der Waals surface area contributed by atoms with Crippen molar-refractivity contribution >= 4 is 18.1 Å². The minimum Gasteiger partial charge on any atom is -0.372 e. The molecule has 0 saturated carbocycles. The van der Waals surface area contributed by atoms with Gasteiger partial charge >= 0.3 is 0 Å². The molecular weight excluding hydrogens is 244 g/mol. The Hall–Kier alpha value is -0.730. The highest BCUT2D eigenvalue weighted by Crippen LogP contribution is 2.26. The summed E-state index contributed by atoms with van der Waals surface area (Å²) in [5.74, 6) is 0. The molecule has 1 fully saturated rings. The summed E-state index contributed by atoms with van der Waals surface area (Å²) >= 11 is 0. The van der Waals surface area contributed by atoms with E-state index in [9.17, 15) is 0 Å². The molecule has 3 heteroatoms. The van der Waals surface area contributed by atoms with Crippen LogP contribution in [-0.2, 0) is 0 Å². The smallest absolute Gasteiger partial charge is 0.0369 e. The van der Waals surface area contributed by atoms with Crippen LogP contribution >= 0.6 is 12.4 Å². The number of halogens is 1. The second-order valence-corrected chi connectivity index (χ2v) is 4.77. The molecule has 2 nitrogen and oxygen atoms in total. The van der Waals surface area contributed by atoms with Crippen molar-refractivity contribution in [1.82, 2.24) is 5.32 Å². The number of rotatable bonds is 4. The van der Waals surface area contributed by atoms with E-state index in [1.807, 2.05) is 0 Å². The fourth-order valence-corrected chi connectivity index (χ4v) is 2.66. The Morgan fingerprint density at radius 1 is 1.22 bits per heavy atom. The highest BCUT2D eigenvalue weighted by Gasteiger charge is 2.15. The monoisotopic (exact) mass is 268 g/mol. The lowest BCUT2D eigenvalue weighted by Crippen LogP contribution is -2.27. The first-order valence-electron chi connectivity index (χ1n) is 6.93. The Morgan fingerprint density at radius 2 is 2.00 bits per heavy atom. The normalized spacial score (nSPS) is 19.1. The van der Waals surface area contributed by atoms with Crippen LogP contribution in [0.2, 0.25) is 0 Å². The summed E-state index contributed by atoms with van der Waals surface area (Å²) < 4.78 is 0. The third kappa shape index (κ3) is 3.63. The first-order valence-corrected chi connectivity index (χ1v) is 6.93. The van der Waals surface area contributed by atoms with Crippen LogP contribution in [0.5, 0.6) is 0 Å². The van der Waals surface area contributed by atoms with E-state index in [0.29, 0.717) is 6.04 Å². The van der Waals surface area contributed by atoms with Gasteiger partial charge in [0.05, 0.1) is 0 Å². The van der Waals surface area contributed by atoms with Crippen LogP contribution in [0.3, 0.4) is 0 Å². The minimum absolute atomic E-state index is 0. The number of hydrogen-bond acceptors (Lipinski definition) is 2. The molecule has 18 heavy (non-hydrogen) atoms. The van der Waals surface area contributed by atoms with Gasteiger partial charge in [-0.2, -0.15) is 0 Å². The molecule has 0 spiro atoms. The highest BCUT2D eigenvalue weighted by molar-refractivity contribution is 5.85. The van der Waals surface area contributed by atoms with E-state index in [4.69, 9.17) is 0 Å². The molecule has 1 aliphatic heterocycles. The Morgan fingerprint density at radius 3 is 2.61 bits per heavy atom. The molecule has 1 saturated heterocycles. The molecule has 0 aliphatic carbocycles. The molecule has 1 atom stereocenters. The second-order valence-electron chi connectivity index (χ2n) is 4.77. The predicted octanol–water partition coefficient (Wildman–Crippen LogP) is 3.77. The molecule has 2 rings (SSSR count). The van der Waals surface area contributed by atoms with Gasteiger partial charge in [0.1, 0.15) is 0 Å². The van der Waals surface area contributed by atoms with Crippen LogP contribution in [0, 0.1) is 0 Å². The van der Waals surface area contributed by atoms with Crippen molar-refractivity contribution in [3.63, 3.8) is 0 Å². The standard InChI is InChI=1S/C15H24N2.ClH/c1-3-17(4-2)14-9-7-8-13(12-14)15-10-5-6-11-16-15;/h7-9,12,15-16H,3-6,10-11H2,1-2H3;1H. The third-order valence-corrected chi connectivity index (χ3v) is 3.71. The maximum atomic E-state index is 3.62. The molecule has 0 aromatic heterocycles. The van der Waals surface area contributed by atoms with Crippen molar-refractivity contribution in [1.29, 1.82) is 0 Å². The Balaban J connectivity index is 0.00000162. The van der Waals surface area contributed by atoms with Crippen molar-refractivity contribution in [3.05, 3.63) is 29.8 Å². The van der Waals surface area contributed by atoms with E-state index < -0.39 is 0 Å². The maximum Gasteiger partial charge on any atom is 0.0369 e. The van der Waals surface area contributed by atoms with Crippen molar-refractivity contribution in [3.8, 4) is 0 Å². The zero-order chi connectivity index (χ0) is 12.1. The molecule has 0 amide bonds. The summed E-state index contributed by atoms with van der Waals surface area (Å²) in [6.07, 6.45) is 3.96. The molecule has 102 valence electrons. The van der Waals surface area contributed by atoms with E-state index >= 15 is 0 Å². The van der Waals surface area contributed by atoms with Gasteiger partial charge in [0.25, 0.3) is 0 Å². The lowest BCUT2D eigenvalue weighted by molar-refractivity contribution is 0.412. The molecule has 0 bridgehead atoms. The quantitative estimate of drug-likeness (QED) is 0.894. The maximum absolute atomic E-state index is 3.62. The average molecular weight is 269 g/mol. The lowest BCUT2D eigenvalue weighted by atomic mass is 9.97. The second kappa shape index (κ2) is 7.65. The van der Waals surface area contributed by atoms with Gasteiger partial charge in [-0.3, -0.25) is 0 Å². The van der Waals surface area contributed by atoms with Crippen LogP contribution in [0.1, 0.15) is 44.7 Å². The van der Waals surface area contributed by atoms with E-state index in [1.54, 1.807) is 0 Å². The number of benzene rings is 1. The summed E-state index contributed by atoms with van der Waals surface area (Å²) in [5, 5.41) is 3.62. The van der Waals surface area contributed by atoms with Crippen LogP contribution in [-0.4, -0.2) is 19.6 Å². The van der Waals surface area contributed by atoms with Crippen LogP contribution in [0.25, 0.3) is 0 Å². The zero-order valence-electron chi connectivity index (χ0n) is 11.5. The Bertz CT molecular complexity index is 344. The fraction of sp³-hybridized carbons (Fsp3) is 0.600. The number of piperidine rings is 1. The van der Waals surface area contributed by atoms with Crippen molar-refractivity contribution in [2.75, 3.05) is 24.5 Å². The third-order valence-electron chi connectivity index (χ3n) is 3.71. The van der Waals surface area contributed by atoms with E-state index in [1.165, 1.54) is 37.1 Å². The van der Waals surface area contributed by atoms with Crippen LogP contribution in [0.4, 0.5) is 5.69 Å². The van der Waals surface area contributed by atoms with E-state index in [0.717, 1.165) is 13.1 Å². The van der Waals surface area contributed by atoms with Crippen LogP contribution in [0.15, 0.2) is 24.3 Å². The van der Waals surface area contributed by atoms with Gasteiger partial charge in [0, 0.05) is 24.8 Å². The van der Waals surface area contributed by atoms with Gasteiger partial charge in [-0.05, 0) is 50.9 Å². The summed E-state index contributed by atoms with van der Waals surface area (Å²) in [7, 11) is 0. The lowest BCUT2D eigenvalue weighted by Gasteiger charge is -2.26. The molecule has 1 heterocycles. The van der Waals surface area contributed by atoms with Gasteiger partial charge in [-0.25, -0.2) is 0 Å². The molecule has 0 radical (unpaired) electrons. The number of anilines is 1. The molecule has 1 aliphatic rings. The Labute approximate surface area is 117 Å². The fourth-order valence-electron chi connectivity index (χ4n) is 2.66. The molecule has 1 aromatic carbocycles. The van der Waals surface area contributed by atoms with Gasteiger partial charge in [0.15, 0.2) is 0 Å². The van der Waals surface area contributed by atoms with Gasteiger partial charge in [-0.15, -0.1) is 12.4 Å². The molecule has 1 unspecified atom stereocenters. The van der Waals surface area contributed by atoms with Gasteiger partial charge in [0.2, 0.25) is 0 Å². The first-order chi connectivity index (χ1) is 8.35. The van der Waals surface area contributed by atoms with E-state index in [-0.39, 0.29) is 12.4 Å². The summed E-state index contributed by atoms with van der Waals surface area (Å²) in [5.41, 5.74) is 2.81. The highest BCUT2D eigenvalue weighted by atomic mass is 35.5. The minimum atomic E-state index is 0. The van der Waals surface area contributed by atoms with Crippen molar-refractivity contribution in [2.24, 2.45) is 0 Å². The van der Waals surface area contributed by atoms with E-state index in [2.05, 4.69) is 48.3 Å². The zero-order valence-corrected chi connectivity index (χ0v) is 12.3. The number of hydrogen-bond donors (Lipinski definition) is 1. The van der Waals surface area contributed by atoms with Crippen molar-refractivity contribution in [2.45, 2.75) is 39.2 Å². The summed E-state index contributed by atoms with van der Waals surface area (Å²) in [4.78, 5) is 2.41. The first kappa shape index (κ1) is 15.3. The number of nitrogens with zero attached hydrogens (tertiary/aromatic N) is 1. The topological polar surface area (TPSA) is 15.3 Å². The summed E-state index contributed by atoms with van der Waals surface area (Å²) in [6, 6.07) is 9.60. The number of nitrogens with one attached hydrogen (secondary N) is 1. The van der Waals surface area contributed by atoms with Crippen LogP contribution < -0.4 is 10.2 Å². The Kier molecular flexibility index (Phi) is 6.51. The predicted molar refractivity (Wildman–Crippen MR) is 81.8 cm³/mol.